The zero-order valence-electron chi connectivity index (χ0n) is 5.81. The van der Waals surface area contributed by atoms with Crippen molar-refractivity contribution in [2.45, 2.75) is 17.1 Å². The van der Waals surface area contributed by atoms with Crippen molar-refractivity contribution in [3.63, 3.8) is 0 Å². The lowest BCUT2D eigenvalue weighted by molar-refractivity contribution is -0.124. The van der Waals surface area contributed by atoms with Crippen LogP contribution in [0.1, 0.15) is 6.92 Å². The molecule has 0 fully saturated rings. The molecule has 0 N–H and O–H groups in total. The van der Waals surface area contributed by atoms with Crippen molar-refractivity contribution < 1.29 is 9.59 Å². The first-order valence-electron chi connectivity index (χ1n) is 2.89. The summed E-state index contributed by atoms with van der Waals surface area (Å²) in [6.45, 7) is 1.30. The van der Waals surface area contributed by atoms with Gasteiger partial charge in [0.05, 0.1) is 4.83 Å². The van der Waals surface area contributed by atoms with Gasteiger partial charge in [0, 0.05) is 5.33 Å². The van der Waals surface area contributed by atoms with Crippen LogP contribution in [0.15, 0.2) is 0 Å². The van der Waals surface area contributed by atoms with E-state index < -0.39 is 5.38 Å². The smallest absolute Gasteiger partial charge is 0.172 e. The van der Waals surface area contributed by atoms with Crippen molar-refractivity contribution in [1.29, 1.82) is 0 Å². The third-order valence-electron chi connectivity index (χ3n) is 1.05. The molecule has 0 aromatic heterocycles. The Morgan fingerprint density at radius 2 is 2.00 bits per heavy atom. The molecule has 2 unspecified atom stereocenters. The monoisotopic (exact) mass is 304 g/mol. The number of rotatable bonds is 4. The van der Waals surface area contributed by atoms with E-state index in [0.29, 0.717) is 5.33 Å². The lowest BCUT2D eigenvalue weighted by atomic mass is 10.2. The number of ketones is 2. The normalized spacial score (nSPS) is 15.6. The molecule has 0 spiro atoms. The highest BCUT2D eigenvalue weighted by atomic mass is 79.9. The van der Waals surface area contributed by atoms with E-state index in [9.17, 15) is 9.59 Å². The second-order valence-corrected chi connectivity index (χ2v) is 4.19. The van der Waals surface area contributed by atoms with E-state index in [-0.39, 0.29) is 16.4 Å². The highest BCUT2D eigenvalue weighted by Crippen LogP contribution is 2.11. The second kappa shape index (κ2) is 5.27. The molecule has 0 aliphatic rings. The predicted molar refractivity (Wildman–Crippen MR) is 51.8 cm³/mol. The molecule has 0 aromatic carbocycles. The van der Waals surface area contributed by atoms with Gasteiger partial charge >= 0.3 is 0 Å². The van der Waals surface area contributed by atoms with Crippen molar-refractivity contribution in [1.82, 2.24) is 0 Å². The molecule has 2 atom stereocenters. The third-order valence-corrected chi connectivity index (χ3v) is 3.86. The maximum Gasteiger partial charge on any atom is 0.172 e. The Labute approximate surface area is 86.9 Å². The minimum atomic E-state index is -1.02. The highest BCUT2D eigenvalue weighted by Gasteiger charge is 2.25. The fourth-order valence-electron chi connectivity index (χ4n) is 0.435. The molecule has 0 aliphatic heterocycles. The molecular formula is C6H7Br2ClO2. The van der Waals surface area contributed by atoms with Gasteiger partial charge in [0.1, 0.15) is 0 Å². The number of Topliss-reactive ketones (excluding diaryl/α,β-unsaturated/α-hetero) is 2. The predicted octanol–water partition coefficient (Wildman–Crippen LogP) is 1.91. The van der Waals surface area contributed by atoms with Gasteiger partial charge in [-0.15, -0.1) is 11.6 Å². The molecule has 0 saturated carbocycles. The summed E-state index contributed by atoms with van der Waals surface area (Å²) >= 11 is 11.7. The number of alkyl halides is 3. The molecule has 2 nitrogen and oxygen atoms in total. The van der Waals surface area contributed by atoms with Gasteiger partial charge in [-0.3, -0.25) is 9.59 Å². The number of hydrogen-bond acceptors (Lipinski definition) is 2. The van der Waals surface area contributed by atoms with Crippen molar-refractivity contribution in [3.8, 4) is 0 Å². The summed E-state index contributed by atoms with van der Waals surface area (Å²) in [5.41, 5.74) is 0. The Bertz CT molecular complexity index is 172. The standard InChI is InChI=1S/C6H7Br2ClO2/c1-3(10)5(9)6(11)4(8)2-7/h4-5H,2H2,1H3. The summed E-state index contributed by atoms with van der Waals surface area (Å²) in [5, 5.41) is -0.556. The average Bonchev–Trinajstić information content (AvgIpc) is 2.00. The minimum Gasteiger partial charge on any atom is -0.298 e. The van der Waals surface area contributed by atoms with Gasteiger partial charge in [-0.05, 0) is 6.92 Å². The summed E-state index contributed by atoms with van der Waals surface area (Å²) in [7, 11) is 0. The molecule has 0 saturated heterocycles. The van der Waals surface area contributed by atoms with Crippen molar-refractivity contribution in [3.05, 3.63) is 0 Å². The van der Waals surface area contributed by atoms with Crippen LogP contribution in [-0.2, 0) is 9.59 Å². The number of carbonyl (C=O) groups excluding carboxylic acids is 2. The molecule has 11 heavy (non-hydrogen) atoms. The molecule has 5 heteroatoms. The van der Waals surface area contributed by atoms with E-state index in [4.69, 9.17) is 11.6 Å². The van der Waals surface area contributed by atoms with Crippen LogP contribution in [0.3, 0.4) is 0 Å². The number of hydrogen-bond donors (Lipinski definition) is 0. The quantitative estimate of drug-likeness (QED) is 0.587. The minimum absolute atomic E-state index is 0.295. The zero-order valence-corrected chi connectivity index (χ0v) is 9.74. The Balaban J connectivity index is 4.13. The van der Waals surface area contributed by atoms with Gasteiger partial charge in [0.15, 0.2) is 16.9 Å². The van der Waals surface area contributed by atoms with Gasteiger partial charge in [0.25, 0.3) is 0 Å². The van der Waals surface area contributed by atoms with Crippen LogP contribution in [0.25, 0.3) is 0 Å². The fourth-order valence-corrected chi connectivity index (χ4v) is 1.32. The van der Waals surface area contributed by atoms with Crippen LogP contribution in [0.5, 0.6) is 0 Å². The van der Waals surface area contributed by atoms with E-state index in [1.54, 1.807) is 0 Å². The summed E-state index contributed by atoms with van der Waals surface area (Å²) in [4.78, 5) is 21.3. The van der Waals surface area contributed by atoms with Gasteiger partial charge in [-0.25, -0.2) is 0 Å². The zero-order chi connectivity index (χ0) is 9.02. The second-order valence-electron chi connectivity index (χ2n) is 2.00. The molecule has 0 heterocycles. The summed E-state index contributed by atoms with van der Waals surface area (Å²) in [6.07, 6.45) is 0. The van der Waals surface area contributed by atoms with Crippen LogP contribution in [0.2, 0.25) is 0 Å². The average molecular weight is 306 g/mol. The van der Waals surface area contributed by atoms with E-state index >= 15 is 0 Å². The third kappa shape index (κ3) is 3.67. The number of halogens is 3. The van der Waals surface area contributed by atoms with Crippen LogP contribution >= 0.6 is 43.5 Å². The van der Waals surface area contributed by atoms with Crippen LogP contribution < -0.4 is 0 Å². The molecule has 0 aliphatic carbocycles. The maximum absolute atomic E-state index is 11.1. The first-order chi connectivity index (χ1) is 5.00. The Kier molecular flexibility index (Phi) is 5.56. The highest BCUT2D eigenvalue weighted by molar-refractivity contribution is 9.12. The Hall–Kier alpha value is 0.590. The lowest BCUT2D eigenvalue weighted by Gasteiger charge is -2.07. The van der Waals surface area contributed by atoms with Crippen molar-refractivity contribution in [2.24, 2.45) is 0 Å². The van der Waals surface area contributed by atoms with Crippen LogP contribution in [-0.4, -0.2) is 27.1 Å². The Morgan fingerprint density at radius 3 is 2.27 bits per heavy atom. The van der Waals surface area contributed by atoms with E-state index in [1.165, 1.54) is 6.92 Å². The van der Waals surface area contributed by atoms with Crippen LogP contribution in [0.4, 0.5) is 0 Å². The summed E-state index contributed by atoms with van der Waals surface area (Å²) in [5.74, 6) is -0.613. The molecule has 64 valence electrons. The van der Waals surface area contributed by atoms with Gasteiger partial charge < -0.3 is 0 Å². The van der Waals surface area contributed by atoms with E-state index in [2.05, 4.69) is 31.9 Å². The molecule has 0 amide bonds. The molecular weight excluding hydrogens is 299 g/mol. The first kappa shape index (κ1) is 11.6. The van der Waals surface area contributed by atoms with Crippen molar-refractivity contribution >= 4 is 55.0 Å². The maximum atomic E-state index is 11.1. The van der Waals surface area contributed by atoms with E-state index in [0.717, 1.165) is 0 Å². The molecule has 0 bridgehead atoms. The fraction of sp³-hybridized carbons (Fsp3) is 0.667. The van der Waals surface area contributed by atoms with Gasteiger partial charge in [0.2, 0.25) is 0 Å². The Morgan fingerprint density at radius 1 is 1.55 bits per heavy atom. The largest absolute Gasteiger partial charge is 0.298 e. The molecule has 0 aromatic rings. The summed E-state index contributed by atoms with van der Waals surface area (Å²) in [6, 6.07) is 0. The first-order valence-corrected chi connectivity index (χ1v) is 5.36. The number of carbonyl (C=O) groups is 2. The topological polar surface area (TPSA) is 34.1 Å². The summed E-state index contributed by atoms with van der Waals surface area (Å²) < 4.78 is 0. The lowest BCUT2D eigenvalue weighted by Crippen LogP contribution is -2.30. The van der Waals surface area contributed by atoms with Gasteiger partial charge in [-0.2, -0.15) is 0 Å². The van der Waals surface area contributed by atoms with Crippen molar-refractivity contribution in [2.75, 3.05) is 5.33 Å². The van der Waals surface area contributed by atoms with Crippen LogP contribution in [0, 0.1) is 0 Å². The SMILES string of the molecule is CC(=O)C(Cl)C(=O)C(Br)CBr. The molecule has 0 rings (SSSR count). The van der Waals surface area contributed by atoms with E-state index in [1.807, 2.05) is 0 Å². The van der Waals surface area contributed by atoms with Gasteiger partial charge in [-0.1, -0.05) is 31.9 Å². The molecule has 0 radical (unpaired) electrons.